The van der Waals surface area contributed by atoms with E-state index in [1.807, 2.05) is 37.3 Å². The number of rotatable bonds is 4. The summed E-state index contributed by atoms with van der Waals surface area (Å²) in [6.45, 7) is 4.14. The van der Waals surface area contributed by atoms with Crippen LogP contribution in [0.4, 0.5) is 5.69 Å². The summed E-state index contributed by atoms with van der Waals surface area (Å²) in [6, 6.07) is 9.87. The highest BCUT2D eigenvalue weighted by atomic mass is 16.1. The molecule has 2 rings (SSSR count). The van der Waals surface area contributed by atoms with Gasteiger partial charge in [0.05, 0.1) is 0 Å². The number of nitriles is 1. The summed E-state index contributed by atoms with van der Waals surface area (Å²) in [5.41, 5.74) is 1.82. The molecule has 2 atom stereocenters. The molecule has 1 amide bonds. The molecule has 4 nitrogen and oxygen atoms in total. The van der Waals surface area contributed by atoms with Crippen molar-refractivity contribution in [1.29, 1.82) is 5.26 Å². The molecule has 0 radical (unpaired) electrons. The topological polar surface area (TPSA) is 64.9 Å². The van der Waals surface area contributed by atoms with E-state index >= 15 is 0 Å². The first kappa shape index (κ1) is 16.1. The fourth-order valence-corrected chi connectivity index (χ4v) is 2.81. The molecule has 0 heterocycles. The molecular formula is C18H23N3O. The molecule has 4 heteroatoms. The van der Waals surface area contributed by atoms with Crippen LogP contribution in [0.3, 0.4) is 0 Å². The van der Waals surface area contributed by atoms with Gasteiger partial charge in [0, 0.05) is 17.9 Å². The van der Waals surface area contributed by atoms with Crippen LogP contribution in [0.5, 0.6) is 0 Å². The molecule has 1 aliphatic carbocycles. The zero-order chi connectivity index (χ0) is 15.9. The van der Waals surface area contributed by atoms with Crippen molar-refractivity contribution < 1.29 is 4.79 Å². The Morgan fingerprint density at radius 1 is 1.32 bits per heavy atom. The highest BCUT2D eigenvalue weighted by molar-refractivity contribution is 6.06. The Labute approximate surface area is 132 Å². The van der Waals surface area contributed by atoms with Gasteiger partial charge in [-0.25, -0.2) is 0 Å². The average Bonchev–Trinajstić information content (AvgIpc) is 2.52. The van der Waals surface area contributed by atoms with E-state index in [1.54, 1.807) is 6.20 Å². The van der Waals surface area contributed by atoms with Gasteiger partial charge in [0.25, 0.3) is 5.91 Å². The molecule has 0 saturated heterocycles. The maximum atomic E-state index is 12.2. The van der Waals surface area contributed by atoms with E-state index in [2.05, 4.69) is 17.6 Å². The van der Waals surface area contributed by atoms with Crippen molar-refractivity contribution in [3.05, 3.63) is 41.6 Å². The molecule has 22 heavy (non-hydrogen) atoms. The van der Waals surface area contributed by atoms with Crippen LogP contribution in [0.1, 0.15) is 38.2 Å². The lowest BCUT2D eigenvalue weighted by atomic mass is 9.86. The van der Waals surface area contributed by atoms with Crippen molar-refractivity contribution in [1.82, 2.24) is 5.32 Å². The minimum Gasteiger partial charge on any atom is -0.387 e. The van der Waals surface area contributed by atoms with Crippen molar-refractivity contribution in [2.45, 2.75) is 45.6 Å². The monoisotopic (exact) mass is 297 g/mol. The van der Waals surface area contributed by atoms with E-state index in [9.17, 15) is 10.1 Å². The number of nitrogens with zero attached hydrogens (tertiary/aromatic N) is 1. The van der Waals surface area contributed by atoms with E-state index < -0.39 is 0 Å². The predicted octanol–water partition coefficient (Wildman–Crippen LogP) is 3.51. The lowest BCUT2D eigenvalue weighted by molar-refractivity contribution is -0.112. The molecule has 0 aromatic heterocycles. The maximum Gasteiger partial charge on any atom is 0.267 e. The maximum absolute atomic E-state index is 12.2. The van der Waals surface area contributed by atoms with Crippen LogP contribution in [-0.4, -0.2) is 11.9 Å². The lowest BCUT2D eigenvalue weighted by Gasteiger charge is -2.29. The van der Waals surface area contributed by atoms with Gasteiger partial charge in [-0.3, -0.25) is 4.79 Å². The summed E-state index contributed by atoms with van der Waals surface area (Å²) in [7, 11) is 0. The molecule has 1 saturated carbocycles. The van der Waals surface area contributed by atoms with Crippen LogP contribution in [0, 0.1) is 24.2 Å². The lowest BCUT2D eigenvalue weighted by Crippen LogP contribution is -2.34. The quantitative estimate of drug-likeness (QED) is 0.660. The van der Waals surface area contributed by atoms with Gasteiger partial charge < -0.3 is 10.6 Å². The largest absolute Gasteiger partial charge is 0.387 e. The van der Waals surface area contributed by atoms with Crippen molar-refractivity contribution in [3.63, 3.8) is 0 Å². The average molecular weight is 297 g/mol. The first-order valence-electron chi connectivity index (χ1n) is 7.85. The summed E-state index contributed by atoms with van der Waals surface area (Å²) in [5.74, 6) is 0.206. The molecule has 2 N–H and O–H groups in total. The summed E-state index contributed by atoms with van der Waals surface area (Å²) in [5, 5.41) is 15.3. The van der Waals surface area contributed by atoms with Crippen LogP contribution >= 0.6 is 0 Å². The molecule has 0 aliphatic heterocycles. The highest BCUT2D eigenvalue weighted by Crippen LogP contribution is 2.23. The second-order valence-electron chi connectivity index (χ2n) is 5.97. The number of benzene rings is 1. The highest BCUT2D eigenvalue weighted by Gasteiger charge is 2.20. The van der Waals surface area contributed by atoms with E-state index in [1.165, 1.54) is 19.3 Å². The minimum absolute atomic E-state index is 0.112. The Bertz CT molecular complexity index is 601. The Morgan fingerprint density at radius 3 is 2.73 bits per heavy atom. The Morgan fingerprint density at radius 2 is 2.05 bits per heavy atom. The number of carbonyl (C=O) groups excluding carboxylic acids is 1. The van der Waals surface area contributed by atoms with Gasteiger partial charge in [0.1, 0.15) is 11.6 Å². The standard InChI is InChI=1S/C18H23N3O/c1-13-7-3-5-9-16(13)20-12-15(11-19)18(22)21-17-10-6-4-8-14(17)2/h4,6,8,10,12-13,16,20H,3,5,7,9H2,1-2H3,(H,21,22)/b15-12-. The zero-order valence-electron chi connectivity index (χ0n) is 13.2. The number of anilines is 1. The Balaban J connectivity index is 2.01. The van der Waals surface area contributed by atoms with Crippen LogP contribution in [-0.2, 0) is 4.79 Å². The van der Waals surface area contributed by atoms with Gasteiger partial charge in [-0.05, 0) is 37.3 Å². The number of para-hydroxylation sites is 1. The summed E-state index contributed by atoms with van der Waals surface area (Å²) < 4.78 is 0. The van der Waals surface area contributed by atoms with Crippen LogP contribution in [0.2, 0.25) is 0 Å². The van der Waals surface area contributed by atoms with Crippen molar-refractivity contribution >= 4 is 11.6 Å². The van der Waals surface area contributed by atoms with E-state index in [-0.39, 0.29) is 11.5 Å². The van der Waals surface area contributed by atoms with Gasteiger partial charge in [0.2, 0.25) is 0 Å². The summed E-state index contributed by atoms with van der Waals surface area (Å²) in [6.07, 6.45) is 6.33. The number of hydrogen-bond acceptors (Lipinski definition) is 3. The molecule has 1 aliphatic rings. The van der Waals surface area contributed by atoms with Gasteiger partial charge in [-0.1, -0.05) is 38.0 Å². The second kappa shape index (κ2) is 7.65. The molecular weight excluding hydrogens is 274 g/mol. The Kier molecular flexibility index (Phi) is 5.60. The third-order valence-corrected chi connectivity index (χ3v) is 4.31. The van der Waals surface area contributed by atoms with Gasteiger partial charge >= 0.3 is 0 Å². The second-order valence-corrected chi connectivity index (χ2v) is 5.97. The third kappa shape index (κ3) is 4.11. The van der Waals surface area contributed by atoms with Gasteiger partial charge in [0.15, 0.2) is 0 Å². The fraction of sp³-hybridized carbons (Fsp3) is 0.444. The van der Waals surface area contributed by atoms with Crippen molar-refractivity contribution in [2.24, 2.45) is 5.92 Å². The number of amides is 1. The van der Waals surface area contributed by atoms with Crippen molar-refractivity contribution in [2.75, 3.05) is 5.32 Å². The Hall–Kier alpha value is -2.28. The minimum atomic E-state index is -0.368. The number of carbonyl (C=O) groups is 1. The third-order valence-electron chi connectivity index (χ3n) is 4.31. The predicted molar refractivity (Wildman–Crippen MR) is 88.1 cm³/mol. The zero-order valence-corrected chi connectivity index (χ0v) is 13.2. The first-order valence-corrected chi connectivity index (χ1v) is 7.85. The fourth-order valence-electron chi connectivity index (χ4n) is 2.81. The van der Waals surface area contributed by atoms with Crippen LogP contribution in [0.25, 0.3) is 0 Å². The molecule has 2 unspecified atom stereocenters. The van der Waals surface area contributed by atoms with Gasteiger partial charge in [-0.2, -0.15) is 5.26 Å². The van der Waals surface area contributed by atoms with E-state index in [0.29, 0.717) is 12.0 Å². The van der Waals surface area contributed by atoms with Gasteiger partial charge in [-0.15, -0.1) is 0 Å². The smallest absolute Gasteiger partial charge is 0.267 e. The van der Waals surface area contributed by atoms with Crippen LogP contribution in [0.15, 0.2) is 36.0 Å². The molecule has 1 aromatic carbocycles. The van der Waals surface area contributed by atoms with Crippen molar-refractivity contribution in [3.8, 4) is 6.07 Å². The molecule has 116 valence electrons. The van der Waals surface area contributed by atoms with Crippen LogP contribution < -0.4 is 10.6 Å². The number of nitrogens with one attached hydrogen (secondary N) is 2. The number of hydrogen-bond donors (Lipinski definition) is 2. The molecule has 0 bridgehead atoms. The first-order chi connectivity index (χ1) is 10.6. The SMILES string of the molecule is Cc1ccccc1NC(=O)/C(C#N)=C\NC1CCCCC1C. The van der Waals surface area contributed by atoms with E-state index in [0.717, 1.165) is 17.7 Å². The van der Waals surface area contributed by atoms with E-state index in [4.69, 9.17) is 0 Å². The normalized spacial score (nSPS) is 21.8. The number of aryl methyl sites for hydroxylation is 1. The summed E-state index contributed by atoms with van der Waals surface area (Å²) >= 11 is 0. The molecule has 1 aromatic rings. The molecule has 1 fully saturated rings. The molecule has 0 spiro atoms. The summed E-state index contributed by atoms with van der Waals surface area (Å²) in [4.78, 5) is 12.2.